The second kappa shape index (κ2) is 17.7. The highest BCUT2D eigenvalue weighted by atomic mass is 14.8. The molecule has 4 heteroatoms. The van der Waals surface area contributed by atoms with Crippen LogP contribution >= 0.6 is 0 Å². The van der Waals surface area contributed by atoms with E-state index in [1.165, 1.54) is 33.4 Å². The summed E-state index contributed by atoms with van der Waals surface area (Å²) >= 11 is 0. The standard InChI is InChI=1S/C66H74N4/c1-39(2)42-30-43(40(3)4)32-44(31-42)60-53-26-28-57(69-53)61(45-33-47(63(5,6)7)37-48(34-45)64(8,9)10)55-24-22-51(67-55)59(41-20-18-17-19-21-41)52-23-25-56(68-52)62(58-29-27-54(60)70-58)46-35-49(65(11,12)13)38-50(36-46)66(14,15)16/h17-40,67,70H,1-16H3. The number of aromatic nitrogens is 4. The Morgan fingerprint density at radius 2 is 0.614 bits per heavy atom. The lowest BCUT2D eigenvalue weighted by atomic mass is 9.78. The topological polar surface area (TPSA) is 57.4 Å². The van der Waals surface area contributed by atoms with Crippen molar-refractivity contribution in [3.8, 4) is 44.5 Å². The Bertz CT molecular complexity index is 3230. The van der Waals surface area contributed by atoms with Crippen molar-refractivity contribution in [3.05, 3.63) is 165 Å². The van der Waals surface area contributed by atoms with Crippen LogP contribution in [-0.2, 0) is 21.7 Å². The lowest BCUT2D eigenvalue weighted by Gasteiger charge is -2.26. The molecular formula is C66H74N4. The highest BCUT2D eigenvalue weighted by molar-refractivity contribution is 6.00. The van der Waals surface area contributed by atoms with Gasteiger partial charge in [-0.15, -0.1) is 0 Å². The molecule has 358 valence electrons. The number of rotatable bonds is 6. The van der Waals surface area contributed by atoms with Crippen molar-refractivity contribution in [3.63, 3.8) is 0 Å². The summed E-state index contributed by atoms with van der Waals surface area (Å²) in [6, 6.07) is 41.3. The average molecular weight is 923 g/mol. The van der Waals surface area contributed by atoms with Crippen molar-refractivity contribution in [2.24, 2.45) is 0 Å². The van der Waals surface area contributed by atoms with E-state index in [4.69, 9.17) is 9.97 Å². The largest absolute Gasteiger partial charge is 0.354 e. The van der Waals surface area contributed by atoms with Crippen LogP contribution in [0.3, 0.4) is 0 Å². The van der Waals surface area contributed by atoms with E-state index < -0.39 is 0 Å². The molecule has 2 N–H and O–H groups in total. The van der Waals surface area contributed by atoms with Gasteiger partial charge in [0.15, 0.2) is 0 Å². The Morgan fingerprint density at radius 3 is 0.900 bits per heavy atom. The monoisotopic (exact) mass is 923 g/mol. The summed E-state index contributed by atoms with van der Waals surface area (Å²) in [4.78, 5) is 19.5. The van der Waals surface area contributed by atoms with Gasteiger partial charge in [0, 0.05) is 44.3 Å². The predicted octanol–water partition coefficient (Wildman–Crippen LogP) is 18.8. The molecule has 0 fully saturated rings. The van der Waals surface area contributed by atoms with E-state index >= 15 is 0 Å². The van der Waals surface area contributed by atoms with Crippen molar-refractivity contribution in [2.75, 3.05) is 0 Å². The van der Waals surface area contributed by atoms with E-state index in [2.05, 4.69) is 254 Å². The Morgan fingerprint density at radius 1 is 0.329 bits per heavy atom. The van der Waals surface area contributed by atoms with Gasteiger partial charge in [-0.05, 0) is 138 Å². The third-order valence-corrected chi connectivity index (χ3v) is 14.3. The van der Waals surface area contributed by atoms with E-state index in [1.807, 2.05) is 0 Å². The average Bonchev–Trinajstić information content (AvgIpc) is 4.14. The molecule has 0 saturated carbocycles. The van der Waals surface area contributed by atoms with E-state index in [0.717, 1.165) is 89.4 Å². The van der Waals surface area contributed by atoms with Gasteiger partial charge in [0.05, 0.1) is 22.8 Å². The van der Waals surface area contributed by atoms with Gasteiger partial charge >= 0.3 is 0 Å². The zero-order chi connectivity index (χ0) is 50.2. The summed E-state index contributed by atoms with van der Waals surface area (Å²) in [7, 11) is 0. The molecule has 4 nitrogen and oxygen atoms in total. The Balaban J connectivity index is 1.51. The lowest BCUT2D eigenvalue weighted by Crippen LogP contribution is -2.16. The van der Waals surface area contributed by atoms with Crippen LogP contribution in [0.15, 0.2) is 109 Å². The molecular weight excluding hydrogens is 849 g/mol. The zero-order valence-corrected chi connectivity index (χ0v) is 44.8. The minimum atomic E-state index is -0.0735. The molecule has 70 heavy (non-hydrogen) atoms. The third-order valence-electron chi connectivity index (χ3n) is 14.3. The predicted molar refractivity (Wildman–Crippen MR) is 304 cm³/mol. The molecule has 0 aliphatic carbocycles. The van der Waals surface area contributed by atoms with Gasteiger partial charge in [0.25, 0.3) is 0 Å². The fourth-order valence-electron chi connectivity index (χ4n) is 9.79. The summed E-state index contributed by atoms with van der Waals surface area (Å²) in [6.07, 6.45) is 8.90. The van der Waals surface area contributed by atoms with Crippen molar-refractivity contribution in [1.29, 1.82) is 0 Å². The Kier molecular flexibility index (Phi) is 12.3. The van der Waals surface area contributed by atoms with Crippen LogP contribution in [0.25, 0.3) is 90.9 Å². The number of hydrogen-bond acceptors (Lipinski definition) is 2. The molecule has 0 unspecified atom stereocenters. The molecule has 0 spiro atoms. The third kappa shape index (κ3) is 9.55. The number of benzene rings is 4. The molecule has 0 saturated heterocycles. The minimum Gasteiger partial charge on any atom is -0.354 e. The molecule has 0 radical (unpaired) electrons. The number of nitrogens with zero attached hydrogens (tertiary/aromatic N) is 2. The molecule has 8 bridgehead atoms. The van der Waals surface area contributed by atoms with E-state index in [9.17, 15) is 0 Å². The van der Waals surface area contributed by atoms with E-state index in [1.54, 1.807) is 0 Å². The number of fused-ring (bicyclic) bond motifs is 8. The quantitative estimate of drug-likeness (QED) is 0.175. The normalized spacial score (nSPS) is 13.3. The maximum absolute atomic E-state index is 5.76. The van der Waals surface area contributed by atoms with Crippen molar-refractivity contribution < 1.29 is 0 Å². The summed E-state index contributed by atoms with van der Waals surface area (Å²) < 4.78 is 0. The highest BCUT2D eigenvalue weighted by Gasteiger charge is 2.26. The first-order valence-corrected chi connectivity index (χ1v) is 25.5. The molecule has 0 amide bonds. The molecule has 2 aliphatic heterocycles. The van der Waals surface area contributed by atoms with Gasteiger partial charge in [0.2, 0.25) is 0 Å². The van der Waals surface area contributed by atoms with Crippen molar-refractivity contribution in [2.45, 2.75) is 144 Å². The van der Waals surface area contributed by atoms with Crippen LogP contribution in [0.5, 0.6) is 0 Å². The van der Waals surface area contributed by atoms with Crippen LogP contribution < -0.4 is 0 Å². The fourth-order valence-corrected chi connectivity index (χ4v) is 9.79. The van der Waals surface area contributed by atoms with Gasteiger partial charge in [-0.3, -0.25) is 0 Å². The maximum Gasteiger partial charge on any atom is 0.0737 e. The van der Waals surface area contributed by atoms with E-state index in [-0.39, 0.29) is 21.7 Å². The molecule has 2 aliphatic rings. The number of hydrogen-bond donors (Lipinski definition) is 2. The summed E-state index contributed by atoms with van der Waals surface area (Å²) in [6.45, 7) is 36.9. The summed E-state index contributed by atoms with van der Waals surface area (Å²) in [5.74, 6) is 0.700. The highest BCUT2D eigenvalue weighted by Crippen LogP contribution is 2.43. The van der Waals surface area contributed by atoms with Gasteiger partial charge in [-0.25, -0.2) is 9.97 Å². The fraction of sp³-hybridized carbons (Fsp3) is 0.333. The molecule has 9 rings (SSSR count). The number of H-pyrrole nitrogens is 2. The number of nitrogens with one attached hydrogen (secondary N) is 2. The first kappa shape index (κ1) is 48.5. The van der Waals surface area contributed by atoms with Crippen molar-refractivity contribution in [1.82, 2.24) is 19.9 Å². The molecule has 3 aromatic heterocycles. The number of aromatic amines is 2. The maximum atomic E-state index is 5.76. The zero-order valence-electron chi connectivity index (χ0n) is 44.8. The first-order valence-electron chi connectivity index (χ1n) is 25.5. The van der Waals surface area contributed by atoms with Gasteiger partial charge in [0.1, 0.15) is 0 Å². The first-order chi connectivity index (χ1) is 32.8. The molecule has 0 atom stereocenters. The second-order valence-electron chi connectivity index (χ2n) is 24.7. The van der Waals surface area contributed by atoms with Crippen LogP contribution in [-0.4, -0.2) is 19.9 Å². The Labute approximate surface area is 418 Å². The lowest BCUT2D eigenvalue weighted by molar-refractivity contribution is 0.568. The van der Waals surface area contributed by atoms with E-state index in [0.29, 0.717) is 11.8 Å². The SMILES string of the molecule is CC(C)c1cc(-c2c3nc(c(-c4cc(C(C)(C)C)cc(C(C)(C)C)c4)c4ccc([nH]4)c(-c4ccccc4)c4nc(c(-c5cc(C(C)(C)C)cc(C(C)(C)C)c5)c5ccc2[nH]5)C=C4)C=C3)cc(C(C)C)c1. The second-order valence-corrected chi connectivity index (χ2v) is 24.7. The van der Waals surface area contributed by atoms with Gasteiger partial charge in [-0.2, -0.15) is 0 Å². The summed E-state index contributed by atoms with van der Waals surface area (Å²) in [5.41, 5.74) is 24.0. The molecule has 7 aromatic rings. The molecule has 5 heterocycles. The van der Waals surface area contributed by atoms with Crippen LogP contribution in [0, 0.1) is 0 Å². The minimum absolute atomic E-state index is 0.0735. The molecule has 4 aromatic carbocycles. The Hall–Kier alpha value is -6.52. The van der Waals surface area contributed by atoms with Crippen LogP contribution in [0.1, 0.15) is 179 Å². The van der Waals surface area contributed by atoms with Crippen LogP contribution in [0.4, 0.5) is 0 Å². The van der Waals surface area contributed by atoms with Gasteiger partial charge in [-0.1, -0.05) is 196 Å². The van der Waals surface area contributed by atoms with Crippen molar-refractivity contribution >= 4 is 46.4 Å². The van der Waals surface area contributed by atoms with Gasteiger partial charge < -0.3 is 9.97 Å². The smallest absolute Gasteiger partial charge is 0.0737 e. The van der Waals surface area contributed by atoms with Crippen LogP contribution in [0.2, 0.25) is 0 Å². The summed E-state index contributed by atoms with van der Waals surface area (Å²) in [5, 5.41) is 0.